The van der Waals surface area contributed by atoms with E-state index in [9.17, 15) is 0 Å². The summed E-state index contributed by atoms with van der Waals surface area (Å²) >= 11 is 5.84. The van der Waals surface area contributed by atoms with Gasteiger partial charge in [0.1, 0.15) is 11.8 Å². The van der Waals surface area contributed by atoms with E-state index >= 15 is 0 Å². The Bertz CT molecular complexity index is 1050. The summed E-state index contributed by atoms with van der Waals surface area (Å²) in [6.45, 7) is 4.33. The van der Waals surface area contributed by atoms with E-state index < -0.39 is 0 Å². The van der Waals surface area contributed by atoms with Gasteiger partial charge in [-0.25, -0.2) is 0 Å². The van der Waals surface area contributed by atoms with Crippen molar-refractivity contribution in [1.82, 2.24) is 14.9 Å². The molecule has 32 heavy (non-hydrogen) atoms. The number of rotatable bonds is 7. The van der Waals surface area contributed by atoms with E-state index in [1.54, 1.807) is 0 Å². The number of ether oxygens (including phenoxy) is 2. The molecule has 0 saturated carbocycles. The standard InChI is InChI=1S/C25H28N4O2S/c1-2-30-19-12-10-18(11-13-19)29-24(23(27-25(29)32)21-8-3-4-14-26-21)22-9-5-15-28(22)17-20-7-6-16-31-20/h3-5,8-15,20,23-24H,2,6-7,16-17H2,1H3,(H,27,32)/t20-,23-,24+/m0/s1. The maximum Gasteiger partial charge on any atom is 0.174 e. The van der Waals surface area contributed by atoms with E-state index in [2.05, 4.69) is 56.3 Å². The average Bonchev–Trinajstić information content (AvgIpc) is 3.56. The second kappa shape index (κ2) is 9.30. The SMILES string of the molecule is CCOc1ccc(N2C(=S)N[C@@H](c3ccccn3)[C@H]2c2cccn2C[C@@H]2CCCO2)cc1. The van der Waals surface area contributed by atoms with Crippen LogP contribution < -0.4 is 15.0 Å². The van der Waals surface area contributed by atoms with Crippen LogP contribution in [0.4, 0.5) is 5.69 Å². The van der Waals surface area contributed by atoms with Gasteiger partial charge < -0.3 is 24.3 Å². The summed E-state index contributed by atoms with van der Waals surface area (Å²) in [7, 11) is 0. The first-order valence-corrected chi connectivity index (χ1v) is 11.7. The molecule has 2 aliphatic heterocycles. The minimum atomic E-state index is -0.0617. The quantitative estimate of drug-likeness (QED) is 0.532. The highest BCUT2D eigenvalue weighted by Gasteiger charge is 2.42. The van der Waals surface area contributed by atoms with Crippen molar-refractivity contribution < 1.29 is 9.47 Å². The van der Waals surface area contributed by atoms with Gasteiger partial charge in [0.15, 0.2) is 5.11 Å². The number of thiocarbonyl (C=S) groups is 1. The van der Waals surface area contributed by atoms with Crippen molar-refractivity contribution in [3.8, 4) is 5.75 Å². The van der Waals surface area contributed by atoms with Crippen molar-refractivity contribution in [3.63, 3.8) is 0 Å². The van der Waals surface area contributed by atoms with E-state index in [1.165, 1.54) is 5.69 Å². The first-order valence-electron chi connectivity index (χ1n) is 11.2. The zero-order valence-corrected chi connectivity index (χ0v) is 19.0. The fraction of sp³-hybridized carbons (Fsp3) is 0.360. The van der Waals surface area contributed by atoms with Crippen molar-refractivity contribution in [3.05, 3.63) is 78.4 Å². The van der Waals surface area contributed by atoms with Gasteiger partial charge in [0, 0.05) is 36.9 Å². The molecule has 2 saturated heterocycles. The number of anilines is 1. The van der Waals surface area contributed by atoms with Crippen LogP contribution in [-0.2, 0) is 11.3 Å². The first-order chi connectivity index (χ1) is 15.7. The van der Waals surface area contributed by atoms with Crippen LogP contribution in [0.3, 0.4) is 0 Å². The van der Waals surface area contributed by atoms with Gasteiger partial charge in [0.2, 0.25) is 0 Å². The van der Waals surface area contributed by atoms with E-state index in [0.29, 0.717) is 11.7 Å². The average molecular weight is 449 g/mol. The summed E-state index contributed by atoms with van der Waals surface area (Å²) in [5.74, 6) is 0.855. The van der Waals surface area contributed by atoms with Gasteiger partial charge in [-0.3, -0.25) is 4.98 Å². The molecule has 2 aliphatic rings. The van der Waals surface area contributed by atoms with Crippen molar-refractivity contribution in [2.75, 3.05) is 18.1 Å². The molecule has 1 N–H and O–H groups in total. The summed E-state index contributed by atoms with van der Waals surface area (Å²) in [5.41, 5.74) is 3.19. The normalized spacial score (nSPS) is 22.8. The van der Waals surface area contributed by atoms with Crippen LogP contribution in [0.5, 0.6) is 5.75 Å². The molecule has 2 fully saturated rings. The lowest BCUT2D eigenvalue weighted by Gasteiger charge is -2.29. The number of pyridine rings is 1. The fourth-order valence-corrected chi connectivity index (χ4v) is 5.02. The lowest BCUT2D eigenvalue weighted by molar-refractivity contribution is 0.0961. The minimum absolute atomic E-state index is 0.0354. The van der Waals surface area contributed by atoms with Gasteiger partial charge >= 0.3 is 0 Å². The van der Waals surface area contributed by atoms with Crippen molar-refractivity contribution in [1.29, 1.82) is 0 Å². The monoisotopic (exact) mass is 448 g/mol. The molecule has 2 aromatic heterocycles. The third kappa shape index (κ3) is 4.10. The molecule has 4 heterocycles. The molecular formula is C25H28N4O2S. The summed E-state index contributed by atoms with van der Waals surface area (Å²) in [6, 6.07) is 18.4. The van der Waals surface area contributed by atoms with Crippen LogP contribution in [-0.4, -0.2) is 34.0 Å². The van der Waals surface area contributed by atoms with Crippen LogP contribution in [0.25, 0.3) is 0 Å². The third-order valence-electron chi connectivity index (χ3n) is 6.12. The van der Waals surface area contributed by atoms with Gasteiger partial charge in [0.05, 0.1) is 24.4 Å². The summed E-state index contributed by atoms with van der Waals surface area (Å²) < 4.78 is 13.9. The largest absolute Gasteiger partial charge is 0.494 e. The number of aromatic nitrogens is 2. The van der Waals surface area contributed by atoms with E-state index in [0.717, 1.165) is 43.1 Å². The molecule has 0 aliphatic carbocycles. The molecule has 0 amide bonds. The van der Waals surface area contributed by atoms with Crippen LogP contribution in [0.2, 0.25) is 0 Å². The van der Waals surface area contributed by atoms with Crippen molar-refractivity contribution in [2.24, 2.45) is 0 Å². The molecule has 3 aromatic rings. The van der Waals surface area contributed by atoms with Crippen molar-refractivity contribution >= 4 is 23.0 Å². The zero-order chi connectivity index (χ0) is 21.9. The molecule has 0 spiro atoms. The summed E-state index contributed by atoms with van der Waals surface area (Å²) in [6.07, 6.45) is 6.47. The maximum atomic E-state index is 5.92. The Morgan fingerprint density at radius 2 is 2.03 bits per heavy atom. The molecule has 166 valence electrons. The molecule has 3 atom stereocenters. The predicted molar refractivity (Wildman–Crippen MR) is 129 cm³/mol. The molecule has 5 rings (SSSR count). The second-order valence-corrected chi connectivity index (χ2v) is 8.53. The molecule has 0 unspecified atom stereocenters. The highest BCUT2D eigenvalue weighted by Crippen LogP contribution is 2.42. The molecule has 7 heteroatoms. The number of nitrogens with one attached hydrogen (secondary N) is 1. The number of hydrogen-bond acceptors (Lipinski definition) is 4. The summed E-state index contributed by atoms with van der Waals surface area (Å²) in [5, 5.41) is 4.23. The van der Waals surface area contributed by atoms with Crippen LogP contribution in [0, 0.1) is 0 Å². The molecular weight excluding hydrogens is 420 g/mol. The number of hydrogen-bond donors (Lipinski definition) is 1. The Morgan fingerprint density at radius 1 is 1.16 bits per heavy atom. The second-order valence-electron chi connectivity index (χ2n) is 8.14. The van der Waals surface area contributed by atoms with Gasteiger partial charge in [-0.2, -0.15) is 0 Å². The lowest BCUT2D eigenvalue weighted by Crippen LogP contribution is -2.31. The van der Waals surface area contributed by atoms with E-state index in [4.69, 9.17) is 21.7 Å². The number of benzene rings is 1. The maximum absolute atomic E-state index is 5.92. The lowest BCUT2D eigenvalue weighted by atomic mass is 10.0. The van der Waals surface area contributed by atoms with Gasteiger partial charge in [0.25, 0.3) is 0 Å². The highest BCUT2D eigenvalue weighted by atomic mass is 32.1. The molecule has 6 nitrogen and oxygen atoms in total. The zero-order valence-electron chi connectivity index (χ0n) is 18.2. The summed E-state index contributed by atoms with van der Waals surface area (Å²) in [4.78, 5) is 6.85. The van der Waals surface area contributed by atoms with Crippen LogP contribution in [0.15, 0.2) is 67.0 Å². The first kappa shape index (κ1) is 21.0. The van der Waals surface area contributed by atoms with Crippen molar-refractivity contribution in [2.45, 2.75) is 44.5 Å². The van der Waals surface area contributed by atoms with Gasteiger partial charge in [-0.1, -0.05) is 6.07 Å². The number of nitrogens with zero attached hydrogens (tertiary/aromatic N) is 3. The minimum Gasteiger partial charge on any atom is -0.494 e. The van der Waals surface area contributed by atoms with Crippen LogP contribution >= 0.6 is 12.2 Å². The Labute approximate surface area is 194 Å². The smallest absolute Gasteiger partial charge is 0.174 e. The Morgan fingerprint density at radius 3 is 2.75 bits per heavy atom. The predicted octanol–water partition coefficient (Wildman–Crippen LogP) is 4.64. The van der Waals surface area contributed by atoms with E-state index in [-0.39, 0.29) is 18.2 Å². The van der Waals surface area contributed by atoms with E-state index in [1.807, 2.05) is 37.4 Å². The van der Waals surface area contributed by atoms with Gasteiger partial charge in [-0.15, -0.1) is 0 Å². The molecule has 0 radical (unpaired) electrons. The topological polar surface area (TPSA) is 51.5 Å². The Balaban J connectivity index is 1.54. The highest BCUT2D eigenvalue weighted by molar-refractivity contribution is 7.80. The molecule has 0 bridgehead atoms. The van der Waals surface area contributed by atoms with Gasteiger partial charge in [-0.05, 0) is 80.5 Å². The molecule has 1 aromatic carbocycles. The fourth-order valence-electron chi connectivity index (χ4n) is 4.67. The third-order valence-corrected chi connectivity index (χ3v) is 6.43. The Hall–Kier alpha value is -2.90. The Kier molecular flexibility index (Phi) is 6.10. The van der Waals surface area contributed by atoms with Crippen LogP contribution in [0.1, 0.15) is 43.2 Å².